The van der Waals surface area contributed by atoms with Crippen molar-refractivity contribution in [2.45, 2.75) is 30.2 Å². The molecule has 1 unspecified atom stereocenters. The van der Waals surface area contributed by atoms with Gasteiger partial charge in [-0.05, 0) is 30.2 Å². The van der Waals surface area contributed by atoms with Crippen molar-refractivity contribution in [1.82, 2.24) is 20.1 Å². The van der Waals surface area contributed by atoms with E-state index < -0.39 is 4.92 Å². The third-order valence-corrected chi connectivity index (χ3v) is 5.14. The number of hydrogen-bond acceptors (Lipinski definition) is 6. The zero-order valence-corrected chi connectivity index (χ0v) is 16.0. The molecule has 0 fully saturated rings. The van der Waals surface area contributed by atoms with Crippen molar-refractivity contribution < 1.29 is 9.72 Å². The lowest BCUT2D eigenvalue weighted by atomic mass is 10.1. The number of rotatable bonds is 8. The number of nitro groups is 1. The van der Waals surface area contributed by atoms with Crippen LogP contribution in [0.25, 0.3) is 0 Å². The lowest BCUT2D eigenvalue weighted by molar-refractivity contribution is -0.384. The van der Waals surface area contributed by atoms with Gasteiger partial charge in [0, 0.05) is 23.6 Å². The third-order valence-electron chi connectivity index (χ3n) is 4.03. The molecule has 2 aromatic carbocycles. The lowest BCUT2D eigenvalue weighted by Crippen LogP contribution is -2.30. The van der Waals surface area contributed by atoms with Gasteiger partial charge in [-0.2, -0.15) is 5.10 Å². The van der Waals surface area contributed by atoms with Crippen molar-refractivity contribution in [2.24, 2.45) is 0 Å². The Morgan fingerprint density at radius 2 is 1.86 bits per heavy atom. The molecule has 1 N–H and O–H groups in total. The first-order chi connectivity index (χ1) is 13.5. The average Bonchev–Trinajstić information content (AvgIpc) is 3.20. The Kier molecular flexibility index (Phi) is 6.38. The van der Waals surface area contributed by atoms with Gasteiger partial charge in [0.2, 0.25) is 5.91 Å². The Morgan fingerprint density at radius 1 is 1.18 bits per heavy atom. The van der Waals surface area contributed by atoms with Crippen LogP contribution in [0.2, 0.25) is 0 Å². The van der Waals surface area contributed by atoms with Crippen LogP contribution in [0, 0.1) is 10.1 Å². The van der Waals surface area contributed by atoms with E-state index in [9.17, 15) is 14.9 Å². The van der Waals surface area contributed by atoms with Crippen molar-refractivity contribution in [3.63, 3.8) is 0 Å². The van der Waals surface area contributed by atoms with Gasteiger partial charge in [0.1, 0.15) is 12.7 Å². The van der Waals surface area contributed by atoms with E-state index in [4.69, 9.17) is 0 Å². The maximum Gasteiger partial charge on any atom is 0.269 e. The smallest absolute Gasteiger partial charge is 0.269 e. The first-order valence-electron chi connectivity index (χ1n) is 8.60. The van der Waals surface area contributed by atoms with E-state index in [-0.39, 0.29) is 16.8 Å². The number of amides is 1. The number of nitro benzene ring substituents is 1. The van der Waals surface area contributed by atoms with E-state index in [1.165, 1.54) is 30.2 Å². The van der Waals surface area contributed by atoms with E-state index in [1.54, 1.807) is 23.1 Å². The first-order valence-corrected chi connectivity index (χ1v) is 9.48. The number of hydrogen-bond donors (Lipinski definition) is 1. The van der Waals surface area contributed by atoms with Gasteiger partial charge < -0.3 is 5.32 Å². The maximum absolute atomic E-state index is 12.3. The van der Waals surface area contributed by atoms with E-state index in [2.05, 4.69) is 15.4 Å². The maximum atomic E-state index is 12.3. The second-order valence-electron chi connectivity index (χ2n) is 6.14. The summed E-state index contributed by atoms with van der Waals surface area (Å²) in [5.74, 6) is -0.0879. The fourth-order valence-electron chi connectivity index (χ4n) is 2.50. The summed E-state index contributed by atoms with van der Waals surface area (Å²) in [5.41, 5.74) is 2.14. The van der Waals surface area contributed by atoms with Crippen LogP contribution in [0.4, 0.5) is 5.69 Å². The van der Waals surface area contributed by atoms with E-state index in [1.807, 2.05) is 31.2 Å². The molecule has 1 atom stereocenters. The fourth-order valence-corrected chi connectivity index (χ4v) is 3.39. The van der Waals surface area contributed by atoms with E-state index in [0.29, 0.717) is 13.1 Å². The zero-order valence-electron chi connectivity index (χ0n) is 15.2. The molecule has 144 valence electrons. The van der Waals surface area contributed by atoms with Crippen molar-refractivity contribution in [3.05, 3.63) is 82.4 Å². The van der Waals surface area contributed by atoms with Crippen LogP contribution in [0.5, 0.6) is 0 Å². The van der Waals surface area contributed by atoms with Crippen molar-refractivity contribution in [2.75, 3.05) is 0 Å². The van der Waals surface area contributed by atoms with E-state index in [0.717, 1.165) is 16.0 Å². The molecule has 0 saturated carbocycles. The Labute approximate surface area is 166 Å². The summed E-state index contributed by atoms with van der Waals surface area (Å²) in [4.78, 5) is 27.3. The summed E-state index contributed by atoms with van der Waals surface area (Å²) in [7, 11) is 0. The van der Waals surface area contributed by atoms with Gasteiger partial charge in [-0.3, -0.25) is 14.9 Å². The number of non-ortho nitro benzene ring substituents is 1. The van der Waals surface area contributed by atoms with Crippen LogP contribution in [0.3, 0.4) is 0 Å². The lowest BCUT2D eigenvalue weighted by Gasteiger charge is -2.12. The Hall–Kier alpha value is -3.20. The highest BCUT2D eigenvalue weighted by Gasteiger charge is 2.15. The molecule has 0 radical (unpaired) electrons. The number of nitrogens with one attached hydrogen (secondary N) is 1. The van der Waals surface area contributed by atoms with E-state index >= 15 is 0 Å². The minimum Gasteiger partial charge on any atom is -0.351 e. The normalized spacial score (nSPS) is 11.8. The molecule has 28 heavy (non-hydrogen) atoms. The molecule has 1 heterocycles. The van der Waals surface area contributed by atoms with Crippen LogP contribution in [-0.4, -0.2) is 30.8 Å². The molecule has 0 bridgehead atoms. The minimum absolute atomic E-state index is 0.0359. The molecule has 3 rings (SSSR count). The molecule has 9 heteroatoms. The van der Waals surface area contributed by atoms with Crippen molar-refractivity contribution in [3.8, 4) is 0 Å². The summed E-state index contributed by atoms with van der Waals surface area (Å²) in [5, 5.41) is 17.4. The summed E-state index contributed by atoms with van der Waals surface area (Å²) < 4.78 is 1.74. The van der Waals surface area contributed by atoms with Crippen LogP contribution >= 0.6 is 11.8 Å². The predicted molar refractivity (Wildman–Crippen MR) is 106 cm³/mol. The number of carbonyl (C=O) groups excluding carboxylic acids is 1. The highest BCUT2D eigenvalue weighted by Crippen LogP contribution is 2.25. The quantitative estimate of drug-likeness (QED) is 0.356. The molecule has 0 aliphatic heterocycles. The predicted octanol–water partition coefficient (Wildman–Crippen LogP) is 3.03. The first kappa shape index (κ1) is 19.6. The number of carbonyl (C=O) groups is 1. The molecule has 1 amide bonds. The summed E-state index contributed by atoms with van der Waals surface area (Å²) >= 11 is 1.36. The molecule has 0 aliphatic carbocycles. The van der Waals surface area contributed by atoms with Crippen LogP contribution in [0.15, 0.2) is 66.1 Å². The zero-order chi connectivity index (χ0) is 19.9. The average molecular weight is 397 g/mol. The molecule has 0 saturated heterocycles. The Bertz CT molecular complexity index is 927. The van der Waals surface area contributed by atoms with Gasteiger partial charge in [0.15, 0.2) is 0 Å². The second kappa shape index (κ2) is 9.14. The highest BCUT2D eigenvalue weighted by atomic mass is 32.2. The Balaban J connectivity index is 1.48. The molecule has 8 nitrogen and oxygen atoms in total. The second-order valence-corrected chi connectivity index (χ2v) is 7.55. The third kappa shape index (κ3) is 5.40. The summed E-state index contributed by atoms with van der Waals surface area (Å²) in [6.07, 6.45) is 3.16. The Morgan fingerprint density at radius 3 is 2.46 bits per heavy atom. The molecule has 0 spiro atoms. The molecule has 1 aromatic heterocycles. The van der Waals surface area contributed by atoms with Crippen LogP contribution in [0.1, 0.15) is 18.1 Å². The van der Waals surface area contributed by atoms with Gasteiger partial charge >= 0.3 is 0 Å². The summed E-state index contributed by atoms with van der Waals surface area (Å²) in [6.45, 7) is 2.89. The number of aromatic nitrogens is 3. The van der Waals surface area contributed by atoms with Crippen LogP contribution < -0.4 is 5.32 Å². The molecular formula is C19H19N5O3S. The number of thioether (sulfide) groups is 1. The van der Waals surface area contributed by atoms with Gasteiger partial charge in [0.05, 0.1) is 16.7 Å². The van der Waals surface area contributed by atoms with Crippen LogP contribution in [-0.2, 0) is 17.9 Å². The van der Waals surface area contributed by atoms with Crippen molar-refractivity contribution in [1.29, 1.82) is 0 Å². The van der Waals surface area contributed by atoms with Gasteiger partial charge in [0.25, 0.3) is 5.69 Å². The molecule has 3 aromatic rings. The monoisotopic (exact) mass is 397 g/mol. The highest BCUT2D eigenvalue weighted by molar-refractivity contribution is 8.00. The standard InChI is InChI=1S/C19H19N5O3S/c1-14(28-18-8-6-17(7-9-18)24(26)27)19(25)21-10-15-2-4-16(5-3-15)11-23-13-20-12-22-23/h2-9,12-14H,10-11H2,1H3,(H,21,25). The van der Waals surface area contributed by atoms with Gasteiger partial charge in [-0.15, -0.1) is 11.8 Å². The van der Waals surface area contributed by atoms with Gasteiger partial charge in [-0.1, -0.05) is 24.3 Å². The SMILES string of the molecule is CC(Sc1ccc([N+](=O)[O-])cc1)C(=O)NCc1ccc(Cn2cncn2)cc1. The largest absolute Gasteiger partial charge is 0.351 e. The van der Waals surface area contributed by atoms with Gasteiger partial charge in [-0.25, -0.2) is 9.67 Å². The minimum atomic E-state index is -0.443. The molecule has 0 aliphatic rings. The fraction of sp³-hybridized carbons (Fsp3) is 0.211. The molecular weight excluding hydrogens is 378 g/mol. The number of nitrogens with zero attached hydrogens (tertiary/aromatic N) is 4. The summed E-state index contributed by atoms with van der Waals surface area (Å²) in [6, 6.07) is 14.1. The van der Waals surface area contributed by atoms with Crippen molar-refractivity contribution >= 4 is 23.4 Å². The topological polar surface area (TPSA) is 103 Å². The number of benzene rings is 2.